The Balaban J connectivity index is 1.36. The van der Waals surface area contributed by atoms with Crippen molar-refractivity contribution >= 4 is 17.9 Å². The van der Waals surface area contributed by atoms with E-state index in [1.165, 1.54) is 15.9 Å². The van der Waals surface area contributed by atoms with Gasteiger partial charge < -0.3 is 9.80 Å². The number of rotatable bonds is 6. The lowest BCUT2D eigenvalue weighted by Gasteiger charge is -2.41. The van der Waals surface area contributed by atoms with E-state index in [0.29, 0.717) is 12.1 Å². The van der Waals surface area contributed by atoms with Crippen molar-refractivity contribution in [1.82, 2.24) is 9.80 Å². The fourth-order valence-electron chi connectivity index (χ4n) is 5.32. The van der Waals surface area contributed by atoms with Gasteiger partial charge in [0.2, 0.25) is 5.91 Å². The molecule has 1 fully saturated rings. The topological polar surface area (TPSA) is 40.6 Å². The normalized spacial score (nSPS) is 15.8. The molecule has 1 atom stereocenters. The fourth-order valence-corrected chi connectivity index (χ4v) is 5.32. The van der Waals surface area contributed by atoms with Crippen molar-refractivity contribution in [2.45, 2.75) is 24.8 Å². The number of halogens is 6. The van der Waals surface area contributed by atoms with E-state index in [2.05, 4.69) is 0 Å². The lowest BCUT2D eigenvalue weighted by atomic mass is 9.99. The predicted octanol–water partition coefficient (Wildman–Crippen LogP) is 8.00. The second-order valence-corrected chi connectivity index (χ2v) is 10.7. The average Bonchev–Trinajstić information content (AvgIpc) is 3.03. The van der Waals surface area contributed by atoms with Gasteiger partial charge in [-0.1, -0.05) is 84.9 Å². The van der Waals surface area contributed by atoms with Gasteiger partial charge in [0.25, 0.3) is 5.91 Å². The first-order valence-electron chi connectivity index (χ1n) is 14.2. The van der Waals surface area contributed by atoms with Crippen LogP contribution in [-0.2, 0) is 23.6 Å². The molecule has 0 N–H and O–H groups in total. The molecule has 4 aromatic carbocycles. The molecule has 5 rings (SSSR count). The summed E-state index contributed by atoms with van der Waals surface area (Å²) < 4.78 is 81.0. The summed E-state index contributed by atoms with van der Waals surface area (Å²) in [5.74, 6) is -1.29. The Morgan fingerprint density at radius 3 is 1.84 bits per heavy atom. The van der Waals surface area contributed by atoms with Gasteiger partial charge in [0.1, 0.15) is 0 Å². The molecule has 0 aliphatic carbocycles. The quantitative estimate of drug-likeness (QED) is 0.162. The van der Waals surface area contributed by atoms with E-state index in [0.717, 1.165) is 22.3 Å². The molecule has 1 aliphatic rings. The van der Waals surface area contributed by atoms with Crippen LogP contribution < -0.4 is 0 Å². The maximum Gasteiger partial charge on any atom is 0.416 e. The van der Waals surface area contributed by atoms with Crippen molar-refractivity contribution in [2.75, 3.05) is 19.6 Å². The Bertz CT molecular complexity index is 1630. The maximum atomic E-state index is 13.5. The van der Waals surface area contributed by atoms with E-state index in [1.54, 1.807) is 36.4 Å². The van der Waals surface area contributed by atoms with Crippen molar-refractivity contribution in [3.63, 3.8) is 0 Å². The summed E-state index contributed by atoms with van der Waals surface area (Å²) >= 11 is 0. The first-order chi connectivity index (χ1) is 21.4. The number of nitrogens with zero attached hydrogens (tertiary/aromatic N) is 2. The molecule has 45 heavy (non-hydrogen) atoms. The summed E-state index contributed by atoms with van der Waals surface area (Å²) in [6.07, 6.45) is -6.84. The standard InChI is InChI=1S/C35H28F6N2O2/c36-34(37,38)29-20-28(21-30(22-29)35(39,40)41)33(45)43-18-17-42(23-31(43)19-25-7-3-1-4-8-25)32(44)16-13-24-11-14-27(15-12-24)26-9-5-2-6-10-26/h1-16,20-22,31H,17-19,23H2/t31-/m1/s1. The SMILES string of the molecule is O=C(C=Cc1ccc(-c2ccccc2)cc1)N1CCN(C(=O)c2cc(C(F)(F)F)cc(C(F)(F)F)c2)[C@H](Cc2ccccc2)C1. The monoisotopic (exact) mass is 622 g/mol. The zero-order valence-corrected chi connectivity index (χ0v) is 23.9. The van der Waals surface area contributed by atoms with Crippen LogP contribution in [0.4, 0.5) is 26.3 Å². The highest BCUT2D eigenvalue weighted by atomic mass is 19.4. The highest BCUT2D eigenvalue weighted by Gasteiger charge is 2.39. The van der Waals surface area contributed by atoms with Gasteiger partial charge in [0, 0.05) is 31.3 Å². The molecule has 232 valence electrons. The number of piperazine rings is 1. The number of benzene rings is 4. The van der Waals surface area contributed by atoms with Crippen molar-refractivity contribution in [3.05, 3.63) is 137 Å². The zero-order valence-electron chi connectivity index (χ0n) is 23.9. The molecule has 1 heterocycles. The van der Waals surface area contributed by atoms with Crippen molar-refractivity contribution in [1.29, 1.82) is 0 Å². The summed E-state index contributed by atoms with van der Waals surface area (Å²) in [4.78, 5) is 29.5. The van der Waals surface area contributed by atoms with Gasteiger partial charge in [-0.2, -0.15) is 26.3 Å². The largest absolute Gasteiger partial charge is 0.416 e. The summed E-state index contributed by atoms with van der Waals surface area (Å²) in [7, 11) is 0. The van der Waals surface area contributed by atoms with Crippen LogP contribution in [-0.4, -0.2) is 47.3 Å². The number of hydrogen-bond acceptors (Lipinski definition) is 2. The van der Waals surface area contributed by atoms with Gasteiger partial charge in [-0.25, -0.2) is 0 Å². The Labute approximate surface area is 256 Å². The molecular formula is C35H28F6N2O2. The van der Waals surface area contributed by atoms with E-state index in [9.17, 15) is 35.9 Å². The van der Waals surface area contributed by atoms with Crippen LogP contribution in [0.5, 0.6) is 0 Å². The number of carbonyl (C=O) groups is 2. The van der Waals surface area contributed by atoms with Gasteiger partial charge >= 0.3 is 12.4 Å². The molecule has 0 bridgehead atoms. The molecule has 0 radical (unpaired) electrons. The molecule has 0 unspecified atom stereocenters. The van der Waals surface area contributed by atoms with Crippen molar-refractivity contribution in [3.8, 4) is 11.1 Å². The fraction of sp³-hybridized carbons (Fsp3) is 0.200. The van der Waals surface area contributed by atoms with E-state index >= 15 is 0 Å². The van der Waals surface area contributed by atoms with E-state index in [4.69, 9.17) is 0 Å². The van der Waals surface area contributed by atoms with E-state index in [1.807, 2.05) is 54.6 Å². The van der Waals surface area contributed by atoms with Gasteiger partial charge in [-0.05, 0) is 52.9 Å². The molecule has 1 aliphatic heterocycles. The first-order valence-corrected chi connectivity index (χ1v) is 14.2. The third kappa shape index (κ3) is 7.81. The minimum absolute atomic E-state index is 0.00359. The van der Waals surface area contributed by atoms with Gasteiger partial charge in [0.05, 0.1) is 17.2 Å². The van der Waals surface area contributed by atoms with Gasteiger partial charge in [0.15, 0.2) is 0 Å². The third-order valence-electron chi connectivity index (χ3n) is 7.64. The molecular weight excluding hydrogens is 594 g/mol. The van der Waals surface area contributed by atoms with Crippen LogP contribution in [0.25, 0.3) is 17.2 Å². The van der Waals surface area contributed by atoms with Crippen LogP contribution >= 0.6 is 0 Å². The third-order valence-corrected chi connectivity index (χ3v) is 7.64. The number of carbonyl (C=O) groups excluding carboxylic acids is 2. The number of alkyl halides is 6. The summed E-state index contributed by atoms with van der Waals surface area (Å²) in [6.45, 7) is 0.0271. The Morgan fingerprint density at radius 2 is 1.27 bits per heavy atom. The molecule has 0 spiro atoms. The molecule has 0 saturated carbocycles. The number of hydrogen-bond donors (Lipinski definition) is 0. The zero-order chi connectivity index (χ0) is 32.2. The second-order valence-electron chi connectivity index (χ2n) is 10.7. The Kier molecular flexibility index (Phi) is 9.13. The highest BCUT2D eigenvalue weighted by molar-refractivity contribution is 5.96. The highest BCUT2D eigenvalue weighted by Crippen LogP contribution is 2.37. The van der Waals surface area contributed by atoms with Crippen LogP contribution in [0.3, 0.4) is 0 Å². The predicted molar refractivity (Wildman–Crippen MR) is 159 cm³/mol. The molecule has 4 nitrogen and oxygen atoms in total. The molecule has 0 aromatic heterocycles. The second kappa shape index (κ2) is 13.0. The van der Waals surface area contributed by atoms with E-state index in [-0.39, 0.29) is 38.0 Å². The summed E-state index contributed by atoms with van der Waals surface area (Å²) in [5.41, 5.74) is -0.167. The van der Waals surface area contributed by atoms with Crippen molar-refractivity contribution in [2.24, 2.45) is 0 Å². The maximum absolute atomic E-state index is 13.5. The Morgan fingerprint density at radius 1 is 0.711 bits per heavy atom. The minimum atomic E-state index is -5.08. The van der Waals surface area contributed by atoms with E-state index < -0.39 is 41.0 Å². The number of amides is 2. The summed E-state index contributed by atoms with van der Waals surface area (Å²) in [6, 6.07) is 26.6. The lowest BCUT2D eigenvalue weighted by molar-refractivity contribution is -0.143. The molecule has 4 aromatic rings. The molecule has 2 amide bonds. The first kappa shape index (κ1) is 31.6. The summed E-state index contributed by atoms with van der Waals surface area (Å²) in [5, 5.41) is 0. The molecule has 1 saturated heterocycles. The average molecular weight is 623 g/mol. The molecule has 10 heteroatoms. The van der Waals surface area contributed by atoms with Crippen molar-refractivity contribution < 1.29 is 35.9 Å². The Hall–Kier alpha value is -4.86. The van der Waals surface area contributed by atoms with Crippen LogP contribution in [0, 0.1) is 0 Å². The van der Waals surface area contributed by atoms with Gasteiger partial charge in [-0.3, -0.25) is 9.59 Å². The lowest BCUT2D eigenvalue weighted by Crippen LogP contribution is -2.57. The van der Waals surface area contributed by atoms with Crippen LogP contribution in [0.15, 0.2) is 109 Å². The van der Waals surface area contributed by atoms with Crippen LogP contribution in [0.1, 0.15) is 32.6 Å². The van der Waals surface area contributed by atoms with Gasteiger partial charge in [-0.15, -0.1) is 0 Å². The minimum Gasteiger partial charge on any atom is -0.335 e. The van der Waals surface area contributed by atoms with Crippen LogP contribution in [0.2, 0.25) is 0 Å². The smallest absolute Gasteiger partial charge is 0.335 e.